The molecule has 0 radical (unpaired) electrons. The molecule has 0 saturated carbocycles. The van der Waals surface area contributed by atoms with E-state index in [0.29, 0.717) is 13.1 Å². The molecule has 3 heterocycles. The highest BCUT2D eigenvalue weighted by atomic mass is 16.6. The van der Waals surface area contributed by atoms with Crippen molar-refractivity contribution in [2.24, 2.45) is 0 Å². The molecule has 3 unspecified atom stereocenters. The van der Waals surface area contributed by atoms with Crippen LogP contribution >= 0.6 is 0 Å². The highest BCUT2D eigenvalue weighted by Crippen LogP contribution is 2.37. The Bertz CT molecular complexity index is 1410. The quantitative estimate of drug-likeness (QED) is 0.369. The van der Waals surface area contributed by atoms with Crippen LogP contribution in [0.4, 0.5) is 4.79 Å². The number of amides is 3. The predicted octanol–water partition coefficient (Wildman–Crippen LogP) is 3.86. The van der Waals surface area contributed by atoms with Crippen molar-refractivity contribution in [1.82, 2.24) is 19.6 Å². The molecule has 8 nitrogen and oxygen atoms in total. The summed E-state index contributed by atoms with van der Waals surface area (Å²) in [6, 6.07) is 28.4. The molecule has 3 aromatic rings. The lowest BCUT2D eigenvalue weighted by molar-refractivity contribution is -0.159. The molecule has 3 fully saturated rings. The number of hydrogen-bond acceptors (Lipinski definition) is 5. The summed E-state index contributed by atoms with van der Waals surface area (Å²) in [5, 5.41) is 0. The van der Waals surface area contributed by atoms with Gasteiger partial charge in [-0.1, -0.05) is 103 Å². The predicted molar refractivity (Wildman–Crippen MR) is 160 cm³/mol. The number of nitrogens with zero attached hydrogens (tertiary/aromatic N) is 4. The summed E-state index contributed by atoms with van der Waals surface area (Å²) in [6.45, 7) is 4.03. The van der Waals surface area contributed by atoms with Crippen molar-refractivity contribution >= 4 is 24.0 Å². The highest BCUT2D eigenvalue weighted by molar-refractivity contribution is 5.96. The van der Waals surface area contributed by atoms with E-state index in [1.165, 1.54) is 5.56 Å². The molecule has 3 aliphatic heterocycles. The van der Waals surface area contributed by atoms with Crippen LogP contribution in [0.5, 0.6) is 0 Å². The zero-order chi connectivity index (χ0) is 28.9. The van der Waals surface area contributed by atoms with Crippen LogP contribution in [0.15, 0.2) is 97.1 Å². The van der Waals surface area contributed by atoms with Crippen molar-refractivity contribution in [3.63, 3.8) is 0 Å². The van der Waals surface area contributed by atoms with Gasteiger partial charge in [0.25, 0.3) is 0 Å². The summed E-state index contributed by atoms with van der Waals surface area (Å²) in [5.74, 6) is -0.293. The zero-order valence-electron chi connectivity index (χ0n) is 23.6. The molecule has 3 saturated heterocycles. The van der Waals surface area contributed by atoms with Crippen molar-refractivity contribution in [3.8, 4) is 0 Å². The third-order valence-electron chi connectivity index (χ3n) is 8.49. The third kappa shape index (κ3) is 5.94. The normalized spacial score (nSPS) is 22.9. The van der Waals surface area contributed by atoms with Crippen LogP contribution in [0.2, 0.25) is 0 Å². The van der Waals surface area contributed by atoms with Crippen LogP contribution in [-0.4, -0.2) is 95.5 Å². The Kier molecular flexibility index (Phi) is 8.33. The van der Waals surface area contributed by atoms with Gasteiger partial charge in [0.15, 0.2) is 0 Å². The molecule has 0 spiro atoms. The van der Waals surface area contributed by atoms with E-state index in [1.807, 2.05) is 83.8 Å². The second-order valence-electron chi connectivity index (χ2n) is 11.0. The Morgan fingerprint density at radius 1 is 0.833 bits per heavy atom. The average molecular weight is 565 g/mol. The van der Waals surface area contributed by atoms with Gasteiger partial charge < -0.3 is 14.5 Å². The minimum Gasteiger partial charge on any atom is -0.447 e. The number of piperazine rings is 1. The summed E-state index contributed by atoms with van der Waals surface area (Å²) < 4.78 is 5.43. The van der Waals surface area contributed by atoms with Crippen LogP contribution in [0.3, 0.4) is 0 Å². The Morgan fingerprint density at radius 3 is 2.17 bits per heavy atom. The van der Waals surface area contributed by atoms with Gasteiger partial charge in [0.1, 0.15) is 19.2 Å². The fraction of sp³-hybridized carbons (Fsp3) is 0.324. The Labute approximate surface area is 246 Å². The molecule has 0 aromatic heterocycles. The van der Waals surface area contributed by atoms with Gasteiger partial charge in [0.2, 0.25) is 11.8 Å². The number of ether oxygens (including phenoxy) is 1. The van der Waals surface area contributed by atoms with Gasteiger partial charge in [-0.05, 0) is 23.1 Å². The monoisotopic (exact) mass is 564 g/mol. The van der Waals surface area contributed by atoms with Gasteiger partial charge in [0, 0.05) is 32.7 Å². The van der Waals surface area contributed by atoms with Crippen molar-refractivity contribution < 1.29 is 19.1 Å². The van der Waals surface area contributed by atoms with E-state index in [9.17, 15) is 14.4 Å². The molecule has 0 N–H and O–H groups in total. The van der Waals surface area contributed by atoms with Gasteiger partial charge in [-0.15, -0.1) is 0 Å². The van der Waals surface area contributed by atoms with E-state index in [2.05, 4.69) is 29.2 Å². The van der Waals surface area contributed by atoms with Crippen LogP contribution in [-0.2, 0) is 20.7 Å². The maximum Gasteiger partial charge on any atom is 0.411 e. The molecule has 42 heavy (non-hydrogen) atoms. The molecule has 0 bridgehead atoms. The first kappa shape index (κ1) is 27.7. The maximum absolute atomic E-state index is 13.6. The van der Waals surface area contributed by atoms with E-state index < -0.39 is 18.2 Å². The zero-order valence-corrected chi connectivity index (χ0v) is 23.6. The minimum absolute atomic E-state index is 0.0119. The topological polar surface area (TPSA) is 73.4 Å². The van der Waals surface area contributed by atoms with Crippen molar-refractivity contribution in [1.29, 1.82) is 0 Å². The van der Waals surface area contributed by atoms with Crippen molar-refractivity contribution in [2.45, 2.75) is 24.5 Å². The number of carbonyl (C=O) groups excluding carboxylic acids is 3. The summed E-state index contributed by atoms with van der Waals surface area (Å²) in [6.07, 6.45) is 4.37. The first-order valence-corrected chi connectivity index (χ1v) is 14.7. The lowest BCUT2D eigenvalue weighted by Crippen LogP contribution is -2.71. The maximum atomic E-state index is 13.6. The summed E-state index contributed by atoms with van der Waals surface area (Å²) in [4.78, 5) is 47.4. The number of benzene rings is 3. The van der Waals surface area contributed by atoms with Crippen molar-refractivity contribution in [3.05, 3.63) is 114 Å². The largest absolute Gasteiger partial charge is 0.447 e. The molecule has 3 atom stereocenters. The van der Waals surface area contributed by atoms with Gasteiger partial charge in [-0.25, -0.2) is 4.79 Å². The molecule has 216 valence electrons. The molecular formula is C34H36N4O4. The van der Waals surface area contributed by atoms with Crippen LogP contribution in [0.25, 0.3) is 6.08 Å². The number of cyclic esters (lactones) is 1. The standard InChI is InChI=1S/C34H36N4O4/c39-31(36-22-20-35(21-23-36)19-18-27-12-6-2-7-13-27)24-37-29(17-16-26-10-4-1-5-11-26)32(33(37)40)38-30(25-42-34(38)41)28-14-8-3-9-15-28/h1-17,29-30,32H,18-25H2/b17-16+. The SMILES string of the molecule is O=C(CN1C(=O)C(N2C(=O)OCC2c2ccccc2)C1/C=C/c1ccccc1)N1CCN(CCc2ccccc2)CC1. The molecule has 6 rings (SSSR count). The molecule has 8 heteroatoms. The average Bonchev–Trinajstić information content (AvgIpc) is 3.42. The Balaban J connectivity index is 1.13. The molecule has 3 aliphatic rings. The van der Waals surface area contributed by atoms with E-state index in [1.54, 1.807) is 9.80 Å². The minimum atomic E-state index is -0.729. The molecule has 3 amide bonds. The number of carbonyl (C=O) groups is 3. The third-order valence-corrected chi connectivity index (χ3v) is 8.49. The van der Waals surface area contributed by atoms with Gasteiger partial charge >= 0.3 is 6.09 Å². The number of hydrogen-bond donors (Lipinski definition) is 0. The van der Waals surface area contributed by atoms with Gasteiger partial charge in [0.05, 0.1) is 12.1 Å². The lowest BCUT2D eigenvalue weighted by Gasteiger charge is -2.50. The van der Waals surface area contributed by atoms with E-state index in [4.69, 9.17) is 4.74 Å². The number of likely N-dealkylation sites (tertiary alicyclic amines) is 1. The summed E-state index contributed by atoms with van der Waals surface area (Å²) in [5.41, 5.74) is 3.21. The van der Waals surface area contributed by atoms with Crippen LogP contribution in [0.1, 0.15) is 22.7 Å². The molecule has 0 aliphatic carbocycles. The Morgan fingerprint density at radius 2 is 1.48 bits per heavy atom. The van der Waals surface area contributed by atoms with E-state index in [0.717, 1.165) is 37.2 Å². The number of rotatable bonds is 9. The van der Waals surface area contributed by atoms with Crippen molar-refractivity contribution in [2.75, 3.05) is 45.9 Å². The van der Waals surface area contributed by atoms with Crippen LogP contribution in [0, 0.1) is 0 Å². The smallest absolute Gasteiger partial charge is 0.411 e. The second-order valence-corrected chi connectivity index (χ2v) is 11.0. The number of β-lactam (4-membered cyclic amide) rings is 1. The van der Waals surface area contributed by atoms with Gasteiger partial charge in [-0.2, -0.15) is 0 Å². The van der Waals surface area contributed by atoms with Crippen LogP contribution < -0.4 is 0 Å². The van der Waals surface area contributed by atoms with Gasteiger partial charge in [-0.3, -0.25) is 19.4 Å². The highest BCUT2D eigenvalue weighted by Gasteiger charge is 2.55. The summed E-state index contributed by atoms with van der Waals surface area (Å²) >= 11 is 0. The lowest BCUT2D eigenvalue weighted by atomic mass is 9.90. The fourth-order valence-electron chi connectivity index (χ4n) is 6.07. The first-order chi connectivity index (χ1) is 20.6. The van der Waals surface area contributed by atoms with E-state index >= 15 is 0 Å². The van der Waals surface area contributed by atoms with E-state index in [-0.39, 0.29) is 31.0 Å². The molecule has 3 aromatic carbocycles. The Hall–Kier alpha value is -4.43. The fourth-order valence-corrected chi connectivity index (χ4v) is 6.07. The molecular weight excluding hydrogens is 528 g/mol. The summed E-state index contributed by atoms with van der Waals surface area (Å²) in [7, 11) is 0. The first-order valence-electron chi connectivity index (χ1n) is 14.7. The second kappa shape index (κ2) is 12.6.